The monoisotopic (exact) mass is 434 g/mol. The summed E-state index contributed by atoms with van der Waals surface area (Å²) in [5.74, 6) is -0.295. The van der Waals surface area contributed by atoms with Crippen molar-refractivity contribution in [2.45, 2.75) is 96.5 Å². The minimum Gasteiger partial charge on any atom is -0.449 e. The third kappa shape index (κ3) is 4.77. The Morgan fingerprint density at radius 2 is 1.63 bits per heavy atom. The molecule has 0 aromatic carbocycles. The molecule has 2 atom stereocenters. The Morgan fingerprint density at radius 3 is 2.13 bits per heavy atom. The molecule has 30 heavy (non-hydrogen) atoms. The van der Waals surface area contributed by atoms with Crippen LogP contribution in [0.15, 0.2) is 24.5 Å². The van der Waals surface area contributed by atoms with E-state index in [1.807, 2.05) is 12.1 Å². The highest BCUT2D eigenvalue weighted by molar-refractivity contribution is 6.77. The van der Waals surface area contributed by atoms with Gasteiger partial charge in [0.15, 0.2) is 6.10 Å². The molecule has 0 N–H and O–H groups in total. The average molecular weight is 435 g/mol. The first kappa shape index (κ1) is 24.5. The Morgan fingerprint density at radius 1 is 1.07 bits per heavy atom. The maximum Gasteiger partial charge on any atom is 0.417 e. The summed E-state index contributed by atoms with van der Waals surface area (Å²) in [6.45, 7) is 15.6. The van der Waals surface area contributed by atoms with E-state index in [4.69, 9.17) is 9.16 Å². The fraction of sp³-hybridized carbons (Fsp3) is 0.696. The van der Waals surface area contributed by atoms with Gasteiger partial charge in [-0.15, -0.1) is 0 Å². The van der Waals surface area contributed by atoms with Gasteiger partial charge in [-0.25, -0.2) is 9.69 Å². The number of aromatic nitrogens is 1. The van der Waals surface area contributed by atoms with Crippen molar-refractivity contribution in [3.05, 3.63) is 30.1 Å². The van der Waals surface area contributed by atoms with Crippen molar-refractivity contribution in [1.29, 1.82) is 0 Å². The van der Waals surface area contributed by atoms with Crippen LogP contribution in [0.2, 0.25) is 16.6 Å². The summed E-state index contributed by atoms with van der Waals surface area (Å²) in [7, 11) is -2.29. The van der Waals surface area contributed by atoms with Gasteiger partial charge in [-0.3, -0.25) is 9.78 Å². The van der Waals surface area contributed by atoms with Crippen molar-refractivity contribution < 1.29 is 18.8 Å². The lowest BCUT2D eigenvalue weighted by molar-refractivity contribution is -0.161. The number of amides is 2. The smallest absolute Gasteiger partial charge is 0.417 e. The lowest BCUT2D eigenvalue weighted by atomic mass is 9.92. The topological polar surface area (TPSA) is 68.7 Å². The molecule has 0 bridgehead atoms. The molecule has 1 saturated heterocycles. The van der Waals surface area contributed by atoms with Crippen molar-refractivity contribution >= 4 is 20.3 Å². The van der Waals surface area contributed by atoms with Gasteiger partial charge in [-0.05, 0) is 40.7 Å². The number of carbonyl (C=O) groups excluding carboxylic acids is 2. The second-order valence-electron chi connectivity index (χ2n) is 9.11. The molecule has 6 nitrogen and oxygen atoms in total. The second-order valence-corrected chi connectivity index (χ2v) is 14.5. The van der Waals surface area contributed by atoms with E-state index in [0.717, 1.165) is 24.8 Å². The largest absolute Gasteiger partial charge is 0.449 e. The van der Waals surface area contributed by atoms with Gasteiger partial charge in [0, 0.05) is 12.4 Å². The maximum atomic E-state index is 13.1. The Balaban J connectivity index is 2.30. The molecule has 0 unspecified atom stereocenters. The third-order valence-corrected chi connectivity index (χ3v) is 12.4. The van der Waals surface area contributed by atoms with Crippen molar-refractivity contribution in [3.8, 4) is 0 Å². The fourth-order valence-electron chi connectivity index (χ4n) is 4.87. The number of imide groups is 1. The molecule has 0 aliphatic carbocycles. The van der Waals surface area contributed by atoms with Crippen molar-refractivity contribution in [2.75, 3.05) is 6.61 Å². The molecule has 1 fully saturated rings. The minimum atomic E-state index is -2.29. The summed E-state index contributed by atoms with van der Waals surface area (Å²) < 4.78 is 12.2. The number of pyridine rings is 1. The number of hydrogen-bond donors (Lipinski definition) is 0. The molecule has 2 heterocycles. The third-order valence-electron chi connectivity index (χ3n) is 6.30. The lowest BCUT2D eigenvalue weighted by Crippen LogP contribution is -2.66. The van der Waals surface area contributed by atoms with E-state index in [2.05, 4.69) is 53.5 Å². The van der Waals surface area contributed by atoms with Gasteiger partial charge in [0.05, 0.1) is 6.61 Å². The minimum absolute atomic E-state index is 0.295. The molecule has 2 amide bonds. The van der Waals surface area contributed by atoms with Gasteiger partial charge in [-0.1, -0.05) is 61.3 Å². The maximum absolute atomic E-state index is 13.1. The van der Waals surface area contributed by atoms with Gasteiger partial charge < -0.3 is 9.16 Å². The van der Waals surface area contributed by atoms with E-state index >= 15 is 0 Å². The molecule has 1 aliphatic rings. The number of ether oxygens (including phenoxy) is 1. The van der Waals surface area contributed by atoms with Crippen LogP contribution in [0.3, 0.4) is 0 Å². The van der Waals surface area contributed by atoms with Crippen molar-refractivity contribution in [1.82, 2.24) is 9.88 Å². The van der Waals surface area contributed by atoms with Crippen LogP contribution < -0.4 is 0 Å². The van der Waals surface area contributed by atoms with Gasteiger partial charge in [0.2, 0.25) is 8.32 Å². The predicted molar refractivity (Wildman–Crippen MR) is 121 cm³/mol. The molecule has 0 spiro atoms. The summed E-state index contributed by atoms with van der Waals surface area (Å²) in [5, 5.41) is 0. The number of unbranched alkanes of at least 4 members (excludes halogenated alkanes) is 2. The van der Waals surface area contributed by atoms with Gasteiger partial charge in [0.1, 0.15) is 6.04 Å². The predicted octanol–water partition coefficient (Wildman–Crippen LogP) is 5.85. The molecule has 0 saturated carbocycles. The molecule has 7 heteroatoms. The average Bonchev–Trinajstić information content (AvgIpc) is 2.69. The first-order valence-corrected chi connectivity index (χ1v) is 13.4. The molecule has 2 rings (SSSR count). The standard InChI is InChI=1S/C23H38N2O4Si/c1-8-9-10-15-28-23(27)25-20(19-11-13-24-14-12-19)21(22(25)26)29-30(16(2)3,17(4)5)18(6)7/h11-14,16-18,20-21H,8-10,15H2,1-7H3/t20-,21+/m0/s1. The highest BCUT2D eigenvalue weighted by Crippen LogP contribution is 2.47. The molecule has 1 aromatic rings. The van der Waals surface area contributed by atoms with E-state index in [9.17, 15) is 9.59 Å². The van der Waals surface area contributed by atoms with Crippen LogP contribution in [-0.2, 0) is 14.0 Å². The van der Waals surface area contributed by atoms with Gasteiger partial charge in [-0.2, -0.15) is 0 Å². The second kappa shape index (κ2) is 10.5. The highest BCUT2D eigenvalue weighted by atomic mass is 28.4. The van der Waals surface area contributed by atoms with E-state index in [0.29, 0.717) is 23.2 Å². The number of carbonyl (C=O) groups is 2. The number of rotatable bonds is 10. The molecule has 0 radical (unpaired) electrons. The van der Waals surface area contributed by atoms with Crippen LogP contribution in [-0.4, -0.2) is 42.9 Å². The van der Waals surface area contributed by atoms with Crippen molar-refractivity contribution in [3.63, 3.8) is 0 Å². The quantitative estimate of drug-likeness (QED) is 0.262. The molecular formula is C23H38N2O4Si. The van der Waals surface area contributed by atoms with Crippen LogP contribution in [0.1, 0.15) is 79.3 Å². The van der Waals surface area contributed by atoms with Crippen LogP contribution in [0.4, 0.5) is 4.79 Å². The fourth-order valence-corrected chi connectivity index (χ4v) is 10.4. The first-order chi connectivity index (χ1) is 14.2. The zero-order valence-corrected chi connectivity index (χ0v) is 20.6. The van der Waals surface area contributed by atoms with Crippen molar-refractivity contribution in [2.24, 2.45) is 0 Å². The van der Waals surface area contributed by atoms with Crippen LogP contribution in [0, 0.1) is 0 Å². The Kier molecular flexibility index (Phi) is 8.61. The zero-order valence-electron chi connectivity index (χ0n) is 19.6. The number of hydrogen-bond acceptors (Lipinski definition) is 5. The van der Waals surface area contributed by atoms with E-state index < -0.39 is 26.6 Å². The molecule has 1 aromatic heterocycles. The first-order valence-electron chi connectivity index (χ1n) is 11.3. The zero-order chi connectivity index (χ0) is 22.5. The lowest BCUT2D eigenvalue weighted by Gasteiger charge is -2.51. The molecule has 1 aliphatic heterocycles. The summed E-state index contributed by atoms with van der Waals surface area (Å²) in [5.41, 5.74) is 1.88. The van der Waals surface area contributed by atoms with Gasteiger partial charge >= 0.3 is 6.09 Å². The number of β-lactam (4-membered cyclic amide) rings is 1. The van der Waals surface area contributed by atoms with E-state index in [1.54, 1.807) is 12.4 Å². The Labute approximate surface area is 182 Å². The number of likely N-dealkylation sites (tertiary alicyclic amines) is 1. The summed E-state index contributed by atoms with van der Waals surface area (Å²) in [4.78, 5) is 31.2. The summed E-state index contributed by atoms with van der Waals surface area (Å²) in [6, 6.07) is 3.21. The number of nitrogens with zero attached hydrogens (tertiary/aromatic N) is 2. The molecular weight excluding hydrogens is 396 g/mol. The summed E-state index contributed by atoms with van der Waals surface area (Å²) in [6.07, 6.45) is 4.95. The SMILES string of the molecule is CCCCCOC(=O)N1C(=O)[C@H](O[Si](C(C)C)(C(C)C)C(C)C)[C@@H]1c1ccncc1. The normalized spacial score (nSPS) is 19.5. The van der Waals surface area contributed by atoms with Crippen LogP contribution in [0.25, 0.3) is 0 Å². The summed E-state index contributed by atoms with van der Waals surface area (Å²) >= 11 is 0. The highest BCUT2D eigenvalue weighted by Gasteiger charge is 2.58. The van der Waals surface area contributed by atoms with Crippen LogP contribution >= 0.6 is 0 Å². The Hall–Kier alpha value is -1.73. The Bertz CT molecular complexity index is 687. The van der Waals surface area contributed by atoms with E-state index in [1.165, 1.54) is 4.90 Å². The van der Waals surface area contributed by atoms with Crippen LogP contribution in [0.5, 0.6) is 0 Å². The van der Waals surface area contributed by atoms with E-state index in [-0.39, 0.29) is 5.91 Å². The molecule has 168 valence electrons. The van der Waals surface area contributed by atoms with Gasteiger partial charge in [0.25, 0.3) is 5.91 Å².